The van der Waals surface area contributed by atoms with E-state index in [-0.39, 0.29) is 5.91 Å². The molecule has 1 atom stereocenters. The normalized spacial score (nSPS) is 25.3. The summed E-state index contributed by atoms with van der Waals surface area (Å²) in [6.45, 7) is 3.93. The number of hydrogen-bond acceptors (Lipinski definition) is 3. The summed E-state index contributed by atoms with van der Waals surface area (Å²) in [6.07, 6.45) is 14.9. The predicted molar refractivity (Wildman–Crippen MR) is 106 cm³/mol. The average Bonchev–Trinajstić information content (AvgIpc) is 2.74. The van der Waals surface area contributed by atoms with Gasteiger partial charge in [-0.1, -0.05) is 32.1 Å². The SMILES string of the molecule is O=C(c1cccnc1N1CCCCC1)N1CCCC(C2CCCCC2)C1. The molecule has 1 aliphatic carbocycles. The Labute approximate surface area is 158 Å². The minimum atomic E-state index is 0.208. The van der Waals surface area contributed by atoms with Crippen LogP contribution in [0.15, 0.2) is 18.3 Å². The summed E-state index contributed by atoms with van der Waals surface area (Å²) in [7, 11) is 0. The molecule has 1 aromatic heterocycles. The van der Waals surface area contributed by atoms with Crippen LogP contribution >= 0.6 is 0 Å². The molecule has 1 amide bonds. The number of hydrogen-bond donors (Lipinski definition) is 0. The van der Waals surface area contributed by atoms with Crippen LogP contribution in [-0.4, -0.2) is 42.0 Å². The molecule has 2 aliphatic heterocycles. The van der Waals surface area contributed by atoms with Gasteiger partial charge in [-0.2, -0.15) is 0 Å². The molecule has 1 unspecified atom stereocenters. The highest BCUT2D eigenvalue weighted by molar-refractivity contribution is 5.99. The molecule has 4 nitrogen and oxygen atoms in total. The first-order valence-electron chi connectivity index (χ1n) is 10.8. The summed E-state index contributed by atoms with van der Waals surface area (Å²) in [5.41, 5.74) is 0.818. The van der Waals surface area contributed by atoms with Gasteiger partial charge in [0.05, 0.1) is 5.56 Å². The largest absolute Gasteiger partial charge is 0.356 e. The molecule has 3 heterocycles. The van der Waals surface area contributed by atoms with Crippen molar-refractivity contribution in [1.29, 1.82) is 0 Å². The fourth-order valence-corrected chi connectivity index (χ4v) is 5.28. The number of rotatable bonds is 3. The van der Waals surface area contributed by atoms with Gasteiger partial charge in [0.2, 0.25) is 0 Å². The highest BCUT2D eigenvalue weighted by atomic mass is 16.2. The Morgan fingerprint density at radius 3 is 2.42 bits per heavy atom. The first kappa shape index (κ1) is 17.8. The second-order valence-electron chi connectivity index (χ2n) is 8.47. The Morgan fingerprint density at radius 2 is 1.62 bits per heavy atom. The number of carbonyl (C=O) groups excluding carboxylic acids is 1. The first-order valence-corrected chi connectivity index (χ1v) is 10.8. The van der Waals surface area contributed by atoms with Crippen molar-refractivity contribution in [1.82, 2.24) is 9.88 Å². The van der Waals surface area contributed by atoms with E-state index in [9.17, 15) is 4.79 Å². The van der Waals surface area contributed by atoms with Crippen molar-refractivity contribution in [3.63, 3.8) is 0 Å². The monoisotopic (exact) mass is 355 g/mol. The maximum atomic E-state index is 13.4. The third-order valence-electron chi connectivity index (χ3n) is 6.73. The number of piperidine rings is 2. The number of likely N-dealkylation sites (tertiary alicyclic amines) is 1. The van der Waals surface area contributed by atoms with E-state index in [1.165, 1.54) is 57.8 Å². The van der Waals surface area contributed by atoms with Gasteiger partial charge in [0, 0.05) is 32.4 Å². The summed E-state index contributed by atoms with van der Waals surface area (Å²) < 4.78 is 0. The third kappa shape index (κ3) is 3.89. The van der Waals surface area contributed by atoms with Gasteiger partial charge in [0.1, 0.15) is 5.82 Å². The molecule has 1 aromatic rings. The fraction of sp³-hybridized carbons (Fsp3) is 0.727. The lowest BCUT2D eigenvalue weighted by Crippen LogP contribution is -2.43. The second-order valence-corrected chi connectivity index (χ2v) is 8.47. The molecule has 0 aromatic carbocycles. The van der Waals surface area contributed by atoms with Gasteiger partial charge >= 0.3 is 0 Å². The van der Waals surface area contributed by atoms with Gasteiger partial charge in [0.25, 0.3) is 5.91 Å². The number of carbonyl (C=O) groups is 1. The zero-order valence-corrected chi connectivity index (χ0v) is 16.0. The van der Waals surface area contributed by atoms with Gasteiger partial charge in [-0.3, -0.25) is 4.79 Å². The third-order valence-corrected chi connectivity index (χ3v) is 6.73. The van der Waals surface area contributed by atoms with Gasteiger partial charge in [0.15, 0.2) is 0 Å². The maximum absolute atomic E-state index is 13.4. The summed E-state index contributed by atoms with van der Waals surface area (Å²) in [6, 6.07) is 3.91. The lowest BCUT2D eigenvalue weighted by atomic mass is 9.76. The van der Waals surface area contributed by atoms with Crippen LogP contribution in [-0.2, 0) is 0 Å². The van der Waals surface area contributed by atoms with Crippen molar-refractivity contribution in [2.75, 3.05) is 31.1 Å². The van der Waals surface area contributed by atoms with Crippen LogP contribution in [0.25, 0.3) is 0 Å². The lowest BCUT2D eigenvalue weighted by Gasteiger charge is -2.39. The summed E-state index contributed by atoms with van der Waals surface area (Å²) >= 11 is 0. The van der Waals surface area contributed by atoms with Crippen molar-refractivity contribution in [3.8, 4) is 0 Å². The Morgan fingerprint density at radius 1 is 0.885 bits per heavy atom. The molecule has 3 fully saturated rings. The molecule has 0 bridgehead atoms. The van der Waals surface area contributed by atoms with Crippen molar-refractivity contribution in [3.05, 3.63) is 23.9 Å². The smallest absolute Gasteiger partial charge is 0.257 e. The highest BCUT2D eigenvalue weighted by Crippen LogP contribution is 2.35. The summed E-state index contributed by atoms with van der Waals surface area (Å²) in [5, 5.41) is 0. The van der Waals surface area contributed by atoms with Gasteiger partial charge in [-0.05, 0) is 56.1 Å². The van der Waals surface area contributed by atoms with E-state index < -0.39 is 0 Å². The van der Waals surface area contributed by atoms with Crippen molar-refractivity contribution >= 4 is 11.7 Å². The van der Waals surface area contributed by atoms with Crippen molar-refractivity contribution in [2.24, 2.45) is 11.8 Å². The lowest BCUT2D eigenvalue weighted by molar-refractivity contribution is 0.0600. The number of anilines is 1. The summed E-state index contributed by atoms with van der Waals surface area (Å²) in [5.74, 6) is 2.68. The number of pyridine rings is 1. The van der Waals surface area contributed by atoms with Crippen LogP contribution in [0.1, 0.15) is 74.6 Å². The Hall–Kier alpha value is -1.58. The molecule has 2 saturated heterocycles. The Balaban J connectivity index is 1.48. The van der Waals surface area contributed by atoms with E-state index in [0.717, 1.165) is 49.9 Å². The maximum Gasteiger partial charge on any atom is 0.257 e. The zero-order valence-electron chi connectivity index (χ0n) is 16.0. The zero-order chi connectivity index (χ0) is 17.8. The molecule has 4 rings (SSSR count). The van der Waals surface area contributed by atoms with Crippen LogP contribution in [0.5, 0.6) is 0 Å². The first-order chi connectivity index (χ1) is 12.8. The van der Waals surface area contributed by atoms with Gasteiger partial charge in [-0.15, -0.1) is 0 Å². The minimum Gasteiger partial charge on any atom is -0.356 e. The molecule has 3 aliphatic rings. The summed E-state index contributed by atoms with van der Waals surface area (Å²) in [4.78, 5) is 22.4. The Kier molecular flexibility index (Phi) is 5.76. The highest BCUT2D eigenvalue weighted by Gasteiger charge is 2.32. The van der Waals surface area contributed by atoms with Crippen molar-refractivity contribution in [2.45, 2.75) is 64.2 Å². The van der Waals surface area contributed by atoms with E-state index >= 15 is 0 Å². The Bertz CT molecular complexity index is 605. The molecule has 0 spiro atoms. The van der Waals surface area contributed by atoms with Crippen LogP contribution in [0.2, 0.25) is 0 Å². The molecule has 0 radical (unpaired) electrons. The quantitative estimate of drug-likeness (QED) is 0.801. The molecule has 26 heavy (non-hydrogen) atoms. The number of aromatic nitrogens is 1. The van der Waals surface area contributed by atoms with E-state index in [4.69, 9.17) is 0 Å². The van der Waals surface area contributed by atoms with Crippen LogP contribution in [0, 0.1) is 11.8 Å². The average molecular weight is 356 g/mol. The molecule has 0 N–H and O–H groups in total. The topological polar surface area (TPSA) is 36.4 Å². The van der Waals surface area contributed by atoms with Crippen LogP contribution in [0.4, 0.5) is 5.82 Å². The predicted octanol–water partition coefficient (Wildman–Crippen LogP) is 4.50. The molecular formula is C22H33N3O. The van der Waals surface area contributed by atoms with Crippen LogP contribution < -0.4 is 4.90 Å². The molecular weight excluding hydrogens is 322 g/mol. The number of amides is 1. The standard InChI is InChI=1S/C22H33N3O/c26-22(20-12-7-13-23-21(20)24-14-5-2-6-15-24)25-16-8-11-19(17-25)18-9-3-1-4-10-18/h7,12-13,18-19H,1-6,8-11,14-17H2. The fourth-order valence-electron chi connectivity index (χ4n) is 5.28. The van der Waals surface area contributed by atoms with Crippen molar-refractivity contribution < 1.29 is 4.79 Å². The van der Waals surface area contributed by atoms with E-state index in [1.54, 1.807) is 0 Å². The van der Waals surface area contributed by atoms with E-state index in [2.05, 4.69) is 14.8 Å². The van der Waals surface area contributed by atoms with E-state index in [0.29, 0.717) is 5.92 Å². The van der Waals surface area contributed by atoms with Crippen LogP contribution in [0.3, 0.4) is 0 Å². The number of nitrogens with zero attached hydrogens (tertiary/aromatic N) is 3. The van der Waals surface area contributed by atoms with E-state index in [1.807, 2.05) is 18.3 Å². The molecule has 142 valence electrons. The van der Waals surface area contributed by atoms with Gasteiger partial charge < -0.3 is 9.80 Å². The second kappa shape index (κ2) is 8.41. The molecule has 1 saturated carbocycles. The molecule has 4 heteroatoms. The minimum absolute atomic E-state index is 0.208. The van der Waals surface area contributed by atoms with Gasteiger partial charge in [-0.25, -0.2) is 4.98 Å².